The number of ether oxygens (including phenoxy) is 1. The highest BCUT2D eigenvalue weighted by Crippen LogP contribution is 2.22. The van der Waals surface area contributed by atoms with E-state index in [9.17, 15) is 13.2 Å². The SMILES string of the molecule is NNc1cn2ccnc2c(OCCC(F)(F)F)n1. The summed E-state index contributed by atoms with van der Waals surface area (Å²) in [5.74, 6) is 5.46. The minimum atomic E-state index is -4.27. The van der Waals surface area contributed by atoms with E-state index < -0.39 is 19.2 Å². The number of nitrogen functional groups attached to an aromatic ring is 1. The van der Waals surface area contributed by atoms with Gasteiger partial charge in [-0.1, -0.05) is 0 Å². The predicted molar refractivity (Wildman–Crippen MR) is 57.0 cm³/mol. The number of alkyl halides is 3. The zero-order valence-electron chi connectivity index (χ0n) is 9.11. The number of aromatic nitrogens is 3. The van der Waals surface area contributed by atoms with E-state index in [0.29, 0.717) is 5.65 Å². The van der Waals surface area contributed by atoms with Crippen LogP contribution in [0.1, 0.15) is 6.42 Å². The number of nitrogens with one attached hydrogen (secondary N) is 1. The van der Waals surface area contributed by atoms with Crippen LogP contribution in [0.25, 0.3) is 5.65 Å². The van der Waals surface area contributed by atoms with Crippen molar-refractivity contribution >= 4 is 11.5 Å². The lowest BCUT2D eigenvalue weighted by Crippen LogP contribution is -2.15. The van der Waals surface area contributed by atoms with Crippen LogP contribution >= 0.6 is 0 Å². The number of nitrogens with zero attached hydrogens (tertiary/aromatic N) is 3. The fourth-order valence-electron chi connectivity index (χ4n) is 1.33. The molecule has 3 N–H and O–H groups in total. The number of hydrazine groups is 1. The number of fused-ring (bicyclic) bond motifs is 1. The third-order valence-corrected chi connectivity index (χ3v) is 2.12. The van der Waals surface area contributed by atoms with Crippen molar-refractivity contribution in [1.82, 2.24) is 14.4 Å². The molecule has 0 aliphatic heterocycles. The molecule has 0 atom stereocenters. The third kappa shape index (κ3) is 2.80. The standard InChI is InChI=1S/C9H10F3N5O/c10-9(11,12)1-4-18-8-7-14-2-3-17(7)5-6(15-8)16-13/h2-3,5,16H,1,4,13H2. The van der Waals surface area contributed by atoms with Crippen LogP contribution in [0, 0.1) is 0 Å². The Balaban J connectivity index is 2.18. The van der Waals surface area contributed by atoms with Gasteiger partial charge in [0.25, 0.3) is 5.88 Å². The molecule has 0 saturated carbocycles. The molecule has 0 amide bonds. The van der Waals surface area contributed by atoms with Gasteiger partial charge >= 0.3 is 6.18 Å². The molecule has 0 fully saturated rings. The maximum absolute atomic E-state index is 12.0. The van der Waals surface area contributed by atoms with Crippen molar-refractivity contribution in [2.45, 2.75) is 12.6 Å². The summed E-state index contributed by atoms with van der Waals surface area (Å²) in [6, 6.07) is 0. The molecule has 0 aliphatic carbocycles. The van der Waals surface area contributed by atoms with E-state index in [-0.39, 0.29) is 11.7 Å². The first-order valence-corrected chi connectivity index (χ1v) is 4.99. The Labute approximate surface area is 99.6 Å². The van der Waals surface area contributed by atoms with Crippen LogP contribution < -0.4 is 16.0 Å². The molecule has 2 aromatic heterocycles. The Hall–Kier alpha value is -2.03. The number of hydrogen-bond acceptors (Lipinski definition) is 5. The van der Waals surface area contributed by atoms with Crippen LogP contribution in [-0.4, -0.2) is 27.2 Å². The number of hydrogen-bond donors (Lipinski definition) is 2. The van der Waals surface area contributed by atoms with Gasteiger partial charge in [-0.2, -0.15) is 18.2 Å². The number of rotatable bonds is 4. The minimum absolute atomic E-state index is 0.000278. The van der Waals surface area contributed by atoms with Crippen LogP contribution in [-0.2, 0) is 0 Å². The molecule has 2 heterocycles. The normalized spacial score (nSPS) is 11.8. The van der Waals surface area contributed by atoms with E-state index in [1.807, 2.05) is 0 Å². The average molecular weight is 261 g/mol. The van der Waals surface area contributed by atoms with Gasteiger partial charge in [-0.3, -0.25) is 4.40 Å². The summed E-state index contributed by atoms with van der Waals surface area (Å²) in [7, 11) is 0. The Kier molecular flexibility index (Phi) is 3.24. The Morgan fingerprint density at radius 1 is 1.44 bits per heavy atom. The average Bonchev–Trinajstić information content (AvgIpc) is 2.75. The van der Waals surface area contributed by atoms with Crippen LogP contribution in [0.2, 0.25) is 0 Å². The highest BCUT2D eigenvalue weighted by molar-refractivity contribution is 5.53. The summed E-state index contributed by atoms with van der Waals surface area (Å²) in [4.78, 5) is 7.84. The monoisotopic (exact) mass is 261 g/mol. The number of imidazole rings is 1. The molecule has 6 nitrogen and oxygen atoms in total. The zero-order valence-corrected chi connectivity index (χ0v) is 9.11. The molecule has 0 spiro atoms. The van der Waals surface area contributed by atoms with Gasteiger partial charge in [-0.05, 0) is 0 Å². The van der Waals surface area contributed by atoms with Gasteiger partial charge in [-0.25, -0.2) is 10.8 Å². The summed E-state index contributed by atoms with van der Waals surface area (Å²) in [6.07, 6.45) is -0.696. The molecule has 0 radical (unpaired) electrons. The van der Waals surface area contributed by atoms with Crippen LogP contribution in [0.4, 0.5) is 19.0 Å². The first kappa shape index (κ1) is 12.4. The summed E-state index contributed by atoms with van der Waals surface area (Å²) in [6.45, 7) is -0.521. The lowest BCUT2D eigenvalue weighted by atomic mass is 10.4. The van der Waals surface area contributed by atoms with Gasteiger partial charge in [0.15, 0.2) is 5.82 Å². The molecule has 0 aromatic carbocycles. The topological polar surface area (TPSA) is 77.5 Å². The molecular formula is C9H10F3N5O. The second-order valence-corrected chi connectivity index (χ2v) is 3.45. The molecule has 18 heavy (non-hydrogen) atoms. The lowest BCUT2D eigenvalue weighted by Gasteiger charge is -2.10. The summed E-state index contributed by atoms with van der Waals surface area (Å²) in [5, 5.41) is 0. The van der Waals surface area contributed by atoms with Gasteiger partial charge < -0.3 is 10.2 Å². The molecule has 0 aliphatic rings. The fourth-order valence-corrected chi connectivity index (χ4v) is 1.33. The van der Waals surface area contributed by atoms with E-state index >= 15 is 0 Å². The van der Waals surface area contributed by atoms with Crippen LogP contribution in [0.15, 0.2) is 18.6 Å². The second kappa shape index (κ2) is 4.69. The summed E-state index contributed by atoms with van der Waals surface area (Å²) >= 11 is 0. The van der Waals surface area contributed by atoms with E-state index in [2.05, 4.69) is 15.4 Å². The molecule has 98 valence electrons. The Morgan fingerprint density at radius 3 is 2.89 bits per heavy atom. The predicted octanol–water partition coefficient (Wildman–Crippen LogP) is 1.35. The van der Waals surface area contributed by atoms with Gasteiger partial charge in [0, 0.05) is 12.4 Å². The van der Waals surface area contributed by atoms with E-state index in [0.717, 1.165) is 0 Å². The largest absolute Gasteiger partial charge is 0.475 e. The number of anilines is 1. The quantitative estimate of drug-likeness (QED) is 0.641. The van der Waals surface area contributed by atoms with Crippen molar-refractivity contribution in [2.24, 2.45) is 5.84 Å². The number of halogens is 3. The van der Waals surface area contributed by atoms with Gasteiger partial charge in [0.1, 0.15) is 0 Å². The maximum atomic E-state index is 12.0. The first-order chi connectivity index (χ1) is 8.49. The van der Waals surface area contributed by atoms with Crippen LogP contribution in [0.5, 0.6) is 5.88 Å². The smallest absolute Gasteiger partial charge is 0.392 e. The molecule has 9 heteroatoms. The van der Waals surface area contributed by atoms with Gasteiger partial charge in [0.2, 0.25) is 5.65 Å². The summed E-state index contributed by atoms with van der Waals surface area (Å²) in [5.41, 5.74) is 2.62. The van der Waals surface area contributed by atoms with Crippen molar-refractivity contribution < 1.29 is 17.9 Å². The van der Waals surface area contributed by atoms with E-state index in [1.165, 1.54) is 6.20 Å². The zero-order chi connectivity index (χ0) is 13.2. The molecule has 0 bridgehead atoms. The molecule has 2 aromatic rings. The van der Waals surface area contributed by atoms with Crippen molar-refractivity contribution in [1.29, 1.82) is 0 Å². The molecule has 2 rings (SSSR count). The van der Waals surface area contributed by atoms with Gasteiger partial charge in [-0.15, -0.1) is 0 Å². The maximum Gasteiger partial charge on any atom is 0.392 e. The lowest BCUT2D eigenvalue weighted by molar-refractivity contribution is -0.139. The fraction of sp³-hybridized carbons (Fsp3) is 0.333. The van der Waals surface area contributed by atoms with E-state index in [4.69, 9.17) is 10.6 Å². The van der Waals surface area contributed by atoms with Crippen LogP contribution in [0.3, 0.4) is 0 Å². The van der Waals surface area contributed by atoms with Crippen molar-refractivity contribution in [3.05, 3.63) is 18.6 Å². The third-order valence-electron chi connectivity index (χ3n) is 2.12. The summed E-state index contributed by atoms with van der Waals surface area (Å²) < 4.78 is 42.5. The van der Waals surface area contributed by atoms with Crippen molar-refractivity contribution in [2.75, 3.05) is 12.0 Å². The minimum Gasteiger partial charge on any atom is -0.475 e. The first-order valence-electron chi connectivity index (χ1n) is 4.99. The van der Waals surface area contributed by atoms with Gasteiger partial charge in [0.05, 0.1) is 19.2 Å². The number of nitrogens with two attached hydrogens (primary N) is 1. The highest BCUT2D eigenvalue weighted by Gasteiger charge is 2.27. The Morgan fingerprint density at radius 2 is 2.22 bits per heavy atom. The van der Waals surface area contributed by atoms with Crippen molar-refractivity contribution in [3.63, 3.8) is 0 Å². The second-order valence-electron chi connectivity index (χ2n) is 3.45. The molecule has 0 unspecified atom stereocenters. The van der Waals surface area contributed by atoms with E-state index in [1.54, 1.807) is 16.8 Å². The van der Waals surface area contributed by atoms with Crippen molar-refractivity contribution in [3.8, 4) is 5.88 Å². The Bertz CT molecular complexity index is 538. The molecular weight excluding hydrogens is 251 g/mol. The highest BCUT2D eigenvalue weighted by atomic mass is 19.4. The molecule has 0 saturated heterocycles.